The fourth-order valence-electron chi connectivity index (χ4n) is 2.41. The monoisotopic (exact) mass is 309 g/mol. The van der Waals surface area contributed by atoms with Gasteiger partial charge in [0.25, 0.3) is 5.91 Å². The van der Waals surface area contributed by atoms with Crippen LogP contribution in [0.2, 0.25) is 0 Å². The van der Waals surface area contributed by atoms with E-state index in [1.54, 1.807) is 49.8 Å². The van der Waals surface area contributed by atoms with Crippen molar-refractivity contribution in [2.24, 2.45) is 0 Å². The van der Waals surface area contributed by atoms with Gasteiger partial charge in [-0.1, -0.05) is 12.1 Å². The van der Waals surface area contributed by atoms with Gasteiger partial charge in [0, 0.05) is 24.3 Å². The highest BCUT2D eigenvalue weighted by Gasteiger charge is 2.31. The number of urea groups is 1. The highest BCUT2D eigenvalue weighted by Crippen LogP contribution is 2.26. The van der Waals surface area contributed by atoms with Gasteiger partial charge >= 0.3 is 6.03 Å². The van der Waals surface area contributed by atoms with Crippen LogP contribution >= 0.6 is 0 Å². The lowest BCUT2D eigenvalue weighted by atomic mass is 9.96. The fraction of sp³-hybridized carbons (Fsp3) is 0.125. The van der Waals surface area contributed by atoms with Gasteiger partial charge in [-0.05, 0) is 30.7 Å². The standard InChI is InChI=1S/C16H15N5O2/c1-10-13(15(22)20-12-6-2-3-8-18-12)14(21-16(23)19-10)11-5-4-7-17-9-11/h2-9,14H,1H3,(H,18,20,22)(H2,19,21,23). The summed E-state index contributed by atoms with van der Waals surface area (Å²) < 4.78 is 0. The van der Waals surface area contributed by atoms with Gasteiger partial charge in [0.1, 0.15) is 5.82 Å². The van der Waals surface area contributed by atoms with Gasteiger partial charge in [-0.15, -0.1) is 0 Å². The number of nitrogens with one attached hydrogen (secondary N) is 3. The second kappa shape index (κ2) is 6.27. The SMILES string of the molecule is CC1=C(C(=O)Nc2ccccn2)C(c2cccnc2)NC(=O)N1. The number of anilines is 1. The van der Waals surface area contributed by atoms with E-state index in [1.165, 1.54) is 0 Å². The summed E-state index contributed by atoms with van der Waals surface area (Å²) in [4.78, 5) is 32.5. The van der Waals surface area contributed by atoms with E-state index in [1.807, 2.05) is 6.07 Å². The molecule has 0 saturated heterocycles. The van der Waals surface area contributed by atoms with Crippen LogP contribution in [0.3, 0.4) is 0 Å². The second-order valence-corrected chi connectivity index (χ2v) is 5.03. The van der Waals surface area contributed by atoms with Crippen LogP contribution < -0.4 is 16.0 Å². The van der Waals surface area contributed by atoms with Crippen molar-refractivity contribution in [1.29, 1.82) is 0 Å². The van der Waals surface area contributed by atoms with Gasteiger partial charge in [-0.3, -0.25) is 9.78 Å². The molecular formula is C16H15N5O2. The Morgan fingerprint density at radius 2 is 2.09 bits per heavy atom. The molecule has 0 saturated carbocycles. The average Bonchev–Trinajstić information content (AvgIpc) is 2.55. The third-order valence-electron chi connectivity index (χ3n) is 3.44. The molecule has 1 unspecified atom stereocenters. The van der Waals surface area contributed by atoms with Crippen LogP contribution in [0, 0.1) is 0 Å². The van der Waals surface area contributed by atoms with Crippen molar-refractivity contribution in [1.82, 2.24) is 20.6 Å². The highest BCUT2D eigenvalue weighted by atomic mass is 16.2. The Morgan fingerprint density at radius 1 is 1.22 bits per heavy atom. The van der Waals surface area contributed by atoms with E-state index in [0.29, 0.717) is 17.1 Å². The maximum absolute atomic E-state index is 12.6. The number of hydrogen-bond donors (Lipinski definition) is 3. The predicted octanol–water partition coefficient (Wildman–Crippen LogP) is 1.74. The van der Waals surface area contributed by atoms with Gasteiger partial charge in [-0.25, -0.2) is 9.78 Å². The zero-order chi connectivity index (χ0) is 16.2. The van der Waals surface area contributed by atoms with Crippen molar-refractivity contribution < 1.29 is 9.59 Å². The van der Waals surface area contributed by atoms with Gasteiger partial charge in [0.15, 0.2) is 0 Å². The van der Waals surface area contributed by atoms with Crippen LogP contribution in [0.4, 0.5) is 10.6 Å². The van der Waals surface area contributed by atoms with Crippen LogP contribution in [0.5, 0.6) is 0 Å². The Hall–Kier alpha value is -3.22. The summed E-state index contributed by atoms with van der Waals surface area (Å²) in [6.07, 6.45) is 4.85. The van der Waals surface area contributed by atoms with E-state index in [4.69, 9.17) is 0 Å². The summed E-state index contributed by atoms with van der Waals surface area (Å²) in [5.41, 5.74) is 1.65. The summed E-state index contributed by atoms with van der Waals surface area (Å²) >= 11 is 0. The molecule has 1 aliphatic rings. The van der Waals surface area contributed by atoms with Crippen LogP contribution in [-0.4, -0.2) is 21.9 Å². The van der Waals surface area contributed by atoms with Crippen molar-refractivity contribution in [3.63, 3.8) is 0 Å². The summed E-state index contributed by atoms with van der Waals surface area (Å²) in [5.74, 6) is 0.113. The Bertz CT molecular complexity index is 759. The van der Waals surface area contributed by atoms with Crippen LogP contribution in [0.1, 0.15) is 18.5 Å². The van der Waals surface area contributed by atoms with Crippen molar-refractivity contribution >= 4 is 17.8 Å². The Kier molecular flexibility index (Phi) is 4.01. The minimum Gasteiger partial charge on any atom is -0.327 e. The number of rotatable bonds is 3. The number of allylic oxidation sites excluding steroid dienone is 1. The molecule has 2 aromatic rings. The number of amides is 3. The zero-order valence-electron chi connectivity index (χ0n) is 12.4. The molecule has 3 rings (SSSR count). The Labute approximate surface area is 132 Å². The van der Waals surface area contributed by atoms with E-state index >= 15 is 0 Å². The topological polar surface area (TPSA) is 96.0 Å². The highest BCUT2D eigenvalue weighted by molar-refractivity contribution is 6.06. The second-order valence-electron chi connectivity index (χ2n) is 5.03. The molecule has 0 aliphatic carbocycles. The van der Waals surface area contributed by atoms with Crippen LogP contribution in [0.15, 0.2) is 60.2 Å². The minimum absolute atomic E-state index is 0.331. The smallest absolute Gasteiger partial charge is 0.319 e. The lowest BCUT2D eigenvalue weighted by Crippen LogP contribution is -2.46. The largest absolute Gasteiger partial charge is 0.327 e. The molecule has 7 heteroatoms. The van der Waals surface area contributed by atoms with Crippen LogP contribution in [-0.2, 0) is 4.79 Å². The maximum Gasteiger partial charge on any atom is 0.319 e. The molecule has 0 bridgehead atoms. The maximum atomic E-state index is 12.6. The number of pyridine rings is 2. The first-order valence-electron chi connectivity index (χ1n) is 7.06. The molecule has 7 nitrogen and oxygen atoms in total. The molecule has 116 valence electrons. The number of carbonyl (C=O) groups excluding carboxylic acids is 2. The first kappa shape index (κ1) is 14.7. The van der Waals surface area contributed by atoms with Crippen LogP contribution in [0.25, 0.3) is 0 Å². The lowest BCUT2D eigenvalue weighted by Gasteiger charge is -2.28. The van der Waals surface area contributed by atoms with Gasteiger partial charge < -0.3 is 16.0 Å². The fourth-order valence-corrected chi connectivity index (χ4v) is 2.41. The van der Waals surface area contributed by atoms with Crippen molar-refractivity contribution in [3.8, 4) is 0 Å². The lowest BCUT2D eigenvalue weighted by molar-refractivity contribution is -0.113. The first-order valence-corrected chi connectivity index (χ1v) is 7.06. The zero-order valence-corrected chi connectivity index (χ0v) is 12.4. The van der Waals surface area contributed by atoms with Crippen molar-refractivity contribution in [3.05, 3.63) is 65.8 Å². The van der Waals surface area contributed by atoms with Gasteiger partial charge in [0.05, 0.1) is 11.6 Å². The third kappa shape index (κ3) is 3.18. The number of carbonyl (C=O) groups is 2. The minimum atomic E-state index is -0.568. The van der Waals surface area contributed by atoms with E-state index in [0.717, 1.165) is 5.56 Å². The third-order valence-corrected chi connectivity index (χ3v) is 3.44. The van der Waals surface area contributed by atoms with Crippen molar-refractivity contribution in [2.75, 3.05) is 5.32 Å². The first-order chi connectivity index (χ1) is 11.1. The number of aromatic nitrogens is 2. The molecule has 1 atom stereocenters. The average molecular weight is 309 g/mol. The number of hydrogen-bond acceptors (Lipinski definition) is 4. The molecule has 0 aromatic carbocycles. The molecule has 3 heterocycles. The Balaban J connectivity index is 1.94. The molecular weight excluding hydrogens is 294 g/mol. The summed E-state index contributed by atoms with van der Waals surface area (Å²) in [7, 11) is 0. The van der Waals surface area contributed by atoms with Gasteiger partial charge in [-0.2, -0.15) is 0 Å². The predicted molar refractivity (Wildman–Crippen MR) is 84.2 cm³/mol. The van der Waals surface area contributed by atoms with E-state index in [2.05, 4.69) is 25.9 Å². The van der Waals surface area contributed by atoms with E-state index < -0.39 is 6.04 Å². The quantitative estimate of drug-likeness (QED) is 0.804. The molecule has 23 heavy (non-hydrogen) atoms. The molecule has 1 aliphatic heterocycles. The van der Waals surface area contributed by atoms with Gasteiger partial charge in [0.2, 0.25) is 0 Å². The molecule has 0 fully saturated rings. The molecule has 3 N–H and O–H groups in total. The molecule has 2 aromatic heterocycles. The molecule has 0 spiro atoms. The molecule has 3 amide bonds. The summed E-state index contributed by atoms with van der Waals surface area (Å²) in [6, 6.07) is 7.89. The summed E-state index contributed by atoms with van der Waals surface area (Å²) in [6.45, 7) is 1.69. The van der Waals surface area contributed by atoms with E-state index in [9.17, 15) is 9.59 Å². The number of nitrogens with zero attached hydrogens (tertiary/aromatic N) is 2. The Morgan fingerprint density at radius 3 is 2.78 bits per heavy atom. The normalized spacial score (nSPS) is 17.3. The van der Waals surface area contributed by atoms with E-state index in [-0.39, 0.29) is 11.9 Å². The molecule has 0 radical (unpaired) electrons. The van der Waals surface area contributed by atoms with Crippen molar-refractivity contribution in [2.45, 2.75) is 13.0 Å². The summed E-state index contributed by atoms with van der Waals surface area (Å²) in [5, 5.41) is 8.11.